The molecule has 1 unspecified atom stereocenters. The number of carbonyl (C=O) groups is 3. The number of unbranched alkanes of at least 4 members (excludes halogenated alkanes) is 31. The SMILES string of the molecule is CCCCCCCCC/C=C\CCCCCCCCCC(=O)OCC(COC(=O)CCCCCCC)OC(=O)CCCCCCCCCCCCCCCC. The second kappa shape index (κ2) is 44.9. The maximum atomic E-state index is 12.7. The fourth-order valence-electron chi connectivity index (χ4n) is 7.08. The molecule has 0 aromatic rings. The van der Waals surface area contributed by atoms with E-state index in [1.54, 1.807) is 0 Å². The maximum Gasteiger partial charge on any atom is 0.306 e. The lowest BCUT2D eigenvalue weighted by atomic mass is 10.0. The molecule has 0 aromatic carbocycles. The largest absolute Gasteiger partial charge is 0.462 e. The van der Waals surface area contributed by atoms with Crippen LogP contribution in [0.3, 0.4) is 0 Å². The summed E-state index contributed by atoms with van der Waals surface area (Å²) in [6, 6.07) is 0. The van der Waals surface area contributed by atoms with Crippen LogP contribution < -0.4 is 0 Å². The third-order valence-electron chi connectivity index (χ3n) is 10.8. The highest BCUT2D eigenvalue weighted by Gasteiger charge is 2.19. The predicted octanol–water partition coefficient (Wildman–Crippen LogP) is 15.4. The Labute approximate surface area is 341 Å². The smallest absolute Gasteiger partial charge is 0.306 e. The van der Waals surface area contributed by atoms with Gasteiger partial charge in [0.2, 0.25) is 0 Å². The molecule has 0 aliphatic carbocycles. The summed E-state index contributed by atoms with van der Waals surface area (Å²) in [7, 11) is 0. The molecular weight excluding hydrogens is 685 g/mol. The molecule has 0 aliphatic heterocycles. The lowest BCUT2D eigenvalue weighted by molar-refractivity contribution is -0.167. The molecule has 0 fully saturated rings. The van der Waals surface area contributed by atoms with Crippen molar-refractivity contribution >= 4 is 17.9 Å². The summed E-state index contributed by atoms with van der Waals surface area (Å²) in [4.78, 5) is 37.5. The molecule has 0 radical (unpaired) electrons. The van der Waals surface area contributed by atoms with Crippen molar-refractivity contribution in [3.63, 3.8) is 0 Å². The van der Waals surface area contributed by atoms with Crippen LogP contribution in [0, 0.1) is 0 Å². The van der Waals surface area contributed by atoms with Crippen molar-refractivity contribution in [3.8, 4) is 0 Å². The zero-order valence-electron chi connectivity index (χ0n) is 37.0. The molecular formula is C49H92O6. The van der Waals surface area contributed by atoms with Gasteiger partial charge in [0.1, 0.15) is 13.2 Å². The molecule has 0 saturated carbocycles. The Morgan fingerprint density at radius 3 is 0.909 bits per heavy atom. The van der Waals surface area contributed by atoms with Crippen molar-refractivity contribution < 1.29 is 28.6 Å². The Bertz CT molecular complexity index is 854. The zero-order valence-corrected chi connectivity index (χ0v) is 37.0. The standard InChI is InChI=1S/C49H92O6/c1-4-7-10-13-15-17-19-21-23-24-25-26-28-29-31-33-36-39-42-48(51)54-45-46(44-53-47(50)41-38-35-12-9-6-3)55-49(52)43-40-37-34-32-30-27-22-20-18-16-14-11-8-5-2/h23-24,46H,4-22,25-45H2,1-3H3/b24-23-. The van der Waals surface area contributed by atoms with Crippen LogP contribution in [0.15, 0.2) is 12.2 Å². The minimum absolute atomic E-state index is 0.0689. The number of hydrogen-bond acceptors (Lipinski definition) is 6. The third-order valence-corrected chi connectivity index (χ3v) is 10.8. The minimum atomic E-state index is -0.762. The second-order valence-electron chi connectivity index (χ2n) is 16.4. The van der Waals surface area contributed by atoms with E-state index in [-0.39, 0.29) is 31.1 Å². The number of allylic oxidation sites excluding steroid dienone is 2. The molecule has 324 valence electrons. The first kappa shape index (κ1) is 53.1. The Morgan fingerprint density at radius 1 is 0.345 bits per heavy atom. The van der Waals surface area contributed by atoms with E-state index in [4.69, 9.17) is 14.2 Å². The summed E-state index contributed by atoms with van der Waals surface area (Å²) in [6.45, 7) is 6.57. The average Bonchev–Trinajstić information content (AvgIpc) is 3.18. The average molecular weight is 777 g/mol. The molecule has 0 heterocycles. The summed E-state index contributed by atoms with van der Waals surface area (Å²) in [5.74, 6) is -0.875. The van der Waals surface area contributed by atoms with Crippen LogP contribution >= 0.6 is 0 Å². The third kappa shape index (κ3) is 43.1. The molecule has 0 bridgehead atoms. The van der Waals surface area contributed by atoms with E-state index in [0.29, 0.717) is 19.3 Å². The highest BCUT2D eigenvalue weighted by atomic mass is 16.6. The van der Waals surface area contributed by atoms with Crippen molar-refractivity contribution in [2.75, 3.05) is 13.2 Å². The summed E-state index contributed by atoms with van der Waals surface area (Å²) in [5.41, 5.74) is 0. The van der Waals surface area contributed by atoms with Crippen molar-refractivity contribution in [2.45, 2.75) is 271 Å². The zero-order chi connectivity index (χ0) is 40.1. The van der Waals surface area contributed by atoms with E-state index in [0.717, 1.165) is 64.2 Å². The van der Waals surface area contributed by atoms with Gasteiger partial charge in [-0.3, -0.25) is 14.4 Å². The topological polar surface area (TPSA) is 78.9 Å². The van der Waals surface area contributed by atoms with Gasteiger partial charge in [0.25, 0.3) is 0 Å². The fourth-order valence-corrected chi connectivity index (χ4v) is 7.08. The molecule has 0 N–H and O–H groups in total. The lowest BCUT2D eigenvalue weighted by Crippen LogP contribution is -2.30. The van der Waals surface area contributed by atoms with Crippen molar-refractivity contribution in [1.29, 1.82) is 0 Å². The Hall–Kier alpha value is -1.85. The molecule has 0 aliphatic rings. The van der Waals surface area contributed by atoms with E-state index >= 15 is 0 Å². The van der Waals surface area contributed by atoms with Crippen LogP contribution in [0.2, 0.25) is 0 Å². The van der Waals surface area contributed by atoms with E-state index in [2.05, 4.69) is 32.9 Å². The van der Waals surface area contributed by atoms with Crippen LogP contribution in [0.1, 0.15) is 265 Å². The van der Waals surface area contributed by atoms with Gasteiger partial charge in [-0.15, -0.1) is 0 Å². The molecule has 0 saturated heterocycles. The molecule has 0 spiro atoms. The molecule has 6 nitrogen and oxygen atoms in total. The van der Waals surface area contributed by atoms with E-state index in [1.165, 1.54) is 161 Å². The number of ether oxygens (including phenoxy) is 3. The highest BCUT2D eigenvalue weighted by molar-refractivity contribution is 5.71. The van der Waals surface area contributed by atoms with Gasteiger partial charge in [-0.05, 0) is 44.9 Å². The molecule has 55 heavy (non-hydrogen) atoms. The van der Waals surface area contributed by atoms with Crippen LogP contribution in [0.25, 0.3) is 0 Å². The van der Waals surface area contributed by atoms with Crippen LogP contribution in [0.4, 0.5) is 0 Å². The first-order valence-corrected chi connectivity index (χ1v) is 24.2. The number of esters is 3. The van der Waals surface area contributed by atoms with Gasteiger partial charge in [0, 0.05) is 19.3 Å². The van der Waals surface area contributed by atoms with Gasteiger partial charge in [-0.25, -0.2) is 0 Å². The Morgan fingerprint density at radius 2 is 0.600 bits per heavy atom. The second-order valence-corrected chi connectivity index (χ2v) is 16.4. The van der Waals surface area contributed by atoms with Gasteiger partial charge in [-0.2, -0.15) is 0 Å². The predicted molar refractivity (Wildman–Crippen MR) is 233 cm³/mol. The van der Waals surface area contributed by atoms with Crippen LogP contribution in [-0.2, 0) is 28.6 Å². The number of carbonyl (C=O) groups excluding carboxylic acids is 3. The van der Waals surface area contributed by atoms with Crippen molar-refractivity contribution in [2.24, 2.45) is 0 Å². The van der Waals surface area contributed by atoms with Crippen molar-refractivity contribution in [3.05, 3.63) is 12.2 Å². The first-order chi connectivity index (χ1) is 27.0. The fraction of sp³-hybridized carbons (Fsp3) is 0.898. The summed E-state index contributed by atoms with van der Waals surface area (Å²) in [5, 5.41) is 0. The minimum Gasteiger partial charge on any atom is -0.462 e. The van der Waals surface area contributed by atoms with E-state index < -0.39 is 6.10 Å². The van der Waals surface area contributed by atoms with E-state index in [1.807, 2.05) is 0 Å². The summed E-state index contributed by atoms with van der Waals surface area (Å²) in [6.07, 6.45) is 48.0. The molecule has 0 aromatic heterocycles. The van der Waals surface area contributed by atoms with Gasteiger partial charge in [0.05, 0.1) is 0 Å². The van der Waals surface area contributed by atoms with Gasteiger partial charge in [0.15, 0.2) is 6.10 Å². The normalized spacial score (nSPS) is 12.0. The van der Waals surface area contributed by atoms with Crippen LogP contribution in [0.5, 0.6) is 0 Å². The molecule has 6 heteroatoms. The quantitative estimate of drug-likeness (QED) is 0.0265. The Balaban J connectivity index is 4.15. The lowest BCUT2D eigenvalue weighted by Gasteiger charge is -2.18. The van der Waals surface area contributed by atoms with Crippen molar-refractivity contribution in [1.82, 2.24) is 0 Å². The number of rotatable bonds is 44. The first-order valence-electron chi connectivity index (χ1n) is 24.2. The van der Waals surface area contributed by atoms with Gasteiger partial charge >= 0.3 is 17.9 Å². The summed E-state index contributed by atoms with van der Waals surface area (Å²) < 4.78 is 16.6. The molecule has 1 atom stereocenters. The highest BCUT2D eigenvalue weighted by Crippen LogP contribution is 2.15. The van der Waals surface area contributed by atoms with Crippen LogP contribution in [-0.4, -0.2) is 37.2 Å². The monoisotopic (exact) mass is 777 g/mol. The maximum absolute atomic E-state index is 12.7. The Kier molecular flexibility index (Phi) is 43.4. The number of hydrogen-bond donors (Lipinski definition) is 0. The summed E-state index contributed by atoms with van der Waals surface area (Å²) >= 11 is 0. The molecule has 0 amide bonds. The van der Waals surface area contributed by atoms with Gasteiger partial charge < -0.3 is 14.2 Å². The van der Waals surface area contributed by atoms with Gasteiger partial charge in [-0.1, -0.05) is 213 Å². The van der Waals surface area contributed by atoms with E-state index in [9.17, 15) is 14.4 Å². The molecule has 0 rings (SSSR count).